The van der Waals surface area contributed by atoms with Gasteiger partial charge in [0.05, 0.1) is 12.1 Å². The van der Waals surface area contributed by atoms with Crippen LogP contribution in [0.15, 0.2) is 18.2 Å². The van der Waals surface area contributed by atoms with E-state index in [1.165, 1.54) is 44.6 Å². The minimum atomic E-state index is 0.613. The Kier molecular flexibility index (Phi) is 2.75. The van der Waals surface area contributed by atoms with Crippen LogP contribution in [0.3, 0.4) is 0 Å². The number of rotatable bonds is 3. The Balaban J connectivity index is 1.56. The van der Waals surface area contributed by atoms with Gasteiger partial charge in [0.1, 0.15) is 0 Å². The lowest BCUT2D eigenvalue weighted by molar-refractivity contribution is 0.321. The predicted molar refractivity (Wildman–Crippen MR) is 78.9 cm³/mol. The van der Waals surface area contributed by atoms with Crippen LogP contribution in [-0.2, 0) is 0 Å². The van der Waals surface area contributed by atoms with Gasteiger partial charge < -0.3 is 4.90 Å². The van der Waals surface area contributed by atoms with Gasteiger partial charge in [0, 0.05) is 23.5 Å². The van der Waals surface area contributed by atoms with E-state index >= 15 is 0 Å². The average Bonchev–Trinajstić information content (AvgIpc) is 2.91. The molecule has 1 aromatic carbocycles. The molecule has 1 saturated carbocycles. The molecule has 20 heavy (non-hydrogen) atoms. The Morgan fingerprint density at radius 1 is 1.35 bits per heavy atom. The number of fused-ring (bicyclic) bond motifs is 1. The van der Waals surface area contributed by atoms with Crippen molar-refractivity contribution < 1.29 is 0 Å². The van der Waals surface area contributed by atoms with Crippen molar-refractivity contribution >= 4 is 16.6 Å². The number of hydrogen-bond acceptors (Lipinski definition) is 2. The summed E-state index contributed by atoms with van der Waals surface area (Å²) < 4.78 is 0. The molecule has 0 spiro atoms. The van der Waals surface area contributed by atoms with Crippen molar-refractivity contribution in [2.75, 3.05) is 19.6 Å². The third kappa shape index (κ3) is 1.99. The number of aromatic nitrogens is 2. The SMILES string of the molecule is [C-]#[N+]c1ccc2n[nH]c(C3CC3CN3CCCC3)c2c1. The molecule has 102 valence electrons. The van der Waals surface area contributed by atoms with E-state index in [9.17, 15) is 0 Å². The fourth-order valence-electron chi connectivity index (χ4n) is 3.47. The van der Waals surface area contributed by atoms with Crippen molar-refractivity contribution in [2.45, 2.75) is 25.2 Å². The predicted octanol–water partition coefficient (Wildman–Crippen LogP) is 3.31. The van der Waals surface area contributed by atoms with Gasteiger partial charge in [-0.1, -0.05) is 6.07 Å². The van der Waals surface area contributed by atoms with E-state index in [1.807, 2.05) is 18.2 Å². The maximum absolute atomic E-state index is 7.14. The number of benzene rings is 1. The zero-order chi connectivity index (χ0) is 13.5. The molecule has 0 amide bonds. The van der Waals surface area contributed by atoms with Crippen LogP contribution in [-0.4, -0.2) is 34.7 Å². The van der Waals surface area contributed by atoms with Gasteiger partial charge in [-0.3, -0.25) is 5.10 Å². The highest BCUT2D eigenvalue weighted by molar-refractivity contribution is 5.85. The molecule has 1 aliphatic carbocycles. The van der Waals surface area contributed by atoms with Gasteiger partial charge in [0.2, 0.25) is 0 Å². The summed E-state index contributed by atoms with van der Waals surface area (Å²) in [6.07, 6.45) is 3.98. The van der Waals surface area contributed by atoms with Crippen molar-refractivity contribution in [2.24, 2.45) is 5.92 Å². The summed E-state index contributed by atoms with van der Waals surface area (Å²) in [4.78, 5) is 6.11. The number of likely N-dealkylation sites (tertiary alicyclic amines) is 1. The topological polar surface area (TPSA) is 36.3 Å². The normalized spacial score (nSPS) is 25.9. The molecule has 2 heterocycles. The van der Waals surface area contributed by atoms with Crippen LogP contribution in [0.1, 0.15) is 30.9 Å². The van der Waals surface area contributed by atoms with Crippen LogP contribution in [0.25, 0.3) is 15.7 Å². The summed E-state index contributed by atoms with van der Waals surface area (Å²) in [7, 11) is 0. The maximum Gasteiger partial charge on any atom is 0.188 e. The quantitative estimate of drug-likeness (QED) is 0.865. The van der Waals surface area contributed by atoms with Gasteiger partial charge >= 0.3 is 0 Å². The number of nitrogens with zero attached hydrogens (tertiary/aromatic N) is 3. The summed E-state index contributed by atoms with van der Waals surface area (Å²) in [6.45, 7) is 10.9. The van der Waals surface area contributed by atoms with Crippen LogP contribution in [0.2, 0.25) is 0 Å². The second kappa shape index (κ2) is 4.60. The number of nitrogens with one attached hydrogen (secondary N) is 1. The standard InChI is InChI=1S/C16H18N4/c1-17-12-4-5-15-14(9-12)16(19-18-15)13-8-11(13)10-20-6-2-3-7-20/h4-5,9,11,13H,2-3,6-8,10H2,(H,18,19). The van der Waals surface area contributed by atoms with E-state index in [-0.39, 0.29) is 0 Å². The molecule has 2 aliphatic rings. The molecule has 2 aromatic rings. The Labute approximate surface area is 118 Å². The first-order valence-corrected chi connectivity index (χ1v) is 7.43. The highest BCUT2D eigenvalue weighted by Gasteiger charge is 2.41. The molecule has 1 aliphatic heterocycles. The molecule has 2 atom stereocenters. The number of aromatic amines is 1. The van der Waals surface area contributed by atoms with Gasteiger partial charge in [-0.15, -0.1) is 0 Å². The molecule has 4 nitrogen and oxygen atoms in total. The third-order valence-corrected chi connectivity index (χ3v) is 4.68. The van der Waals surface area contributed by atoms with E-state index in [0.717, 1.165) is 16.8 Å². The van der Waals surface area contributed by atoms with Gasteiger partial charge in [-0.25, -0.2) is 4.85 Å². The Bertz CT molecular complexity index is 675. The first-order chi connectivity index (χ1) is 9.85. The smallest absolute Gasteiger partial charge is 0.188 e. The summed E-state index contributed by atoms with van der Waals surface area (Å²) >= 11 is 0. The van der Waals surface area contributed by atoms with Crippen LogP contribution < -0.4 is 0 Å². The largest absolute Gasteiger partial charge is 0.303 e. The molecular weight excluding hydrogens is 248 g/mol. The van der Waals surface area contributed by atoms with Crippen molar-refractivity contribution in [3.63, 3.8) is 0 Å². The Morgan fingerprint density at radius 2 is 2.20 bits per heavy atom. The van der Waals surface area contributed by atoms with Crippen LogP contribution >= 0.6 is 0 Å². The summed E-state index contributed by atoms with van der Waals surface area (Å²) in [5.74, 6) is 1.38. The van der Waals surface area contributed by atoms with Gasteiger partial charge in [-0.05, 0) is 50.4 Å². The molecule has 2 unspecified atom stereocenters. The van der Waals surface area contributed by atoms with Gasteiger partial charge in [0.15, 0.2) is 5.69 Å². The van der Waals surface area contributed by atoms with E-state index in [2.05, 4.69) is 19.9 Å². The third-order valence-electron chi connectivity index (χ3n) is 4.68. The molecule has 4 rings (SSSR count). The molecule has 1 aromatic heterocycles. The first-order valence-electron chi connectivity index (χ1n) is 7.43. The molecular formula is C16H18N4. The molecule has 0 bridgehead atoms. The lowest BCUT2D eigenvalue weighted by atomic mass is 10.1. The van der Waals surface area contributed by atoms with Gasteiger partial charge in [-0.2, -0.15) is 5.10 Å². The van der Waals surface area contributed by atoms with Crippen LogP contribution in [0, 0.1) is 12.5 Å². The zero-order valence-corrected chi connectivity index (χ0v) is 11.5. The van der Waals surface area contributed by atoms with Crippen molar-refractivity contribution in [3.8, 4) is 0 Å². The minimum absolute atomic E-state index is 0.613. The van der Waals surface area contributed by atoms with Crippen LogP contribution in [0.4, 0.5) is 5.69 Å². The Hall–Kier alpha value is -1.86. The number of H-pyrrole nitrogens is 1. The lowest BCUT2D eigenvalue weighted by Gasteiger charge is -2.13. The molecule has 1 saturated heterocycles. The van der Waals surface area contributed by atoms with E-state index < -0.39 is 0 Å². The van der Waals surface area contributed by atoms with E-state index in [1.54, 1.807) is 0 Å². The summed E-state index contributed by atoms with van der Waals surface area (Å²) in [5.41, 5.74) is 2.94. The van der Waals surface area contributed by atoms with Crippen molar-refractivity contribution in [3.05, 3.63) is 35.3 Å². The van der Waals surface area contributed by atoms with E-state index in [0.29, 0.717) is 11.6 Å². The fourth-order valence-corrected chi connectivity index (χ4v) is 3.47. The minimum Gasteiger partial charge on any atom is -0.303 e. The van der Waals surface area contributed by atoms with E-state index in [4.69, 9.17) is 6.57 Å². The van der Waals surface area contributed by atoms with Crippen molar-refractivity contribution in [1.82, 2.24) is 15.1 Å². The second-order valence-corrected chi connectivity index (χ2v) is 6.06. The molecule has 1 N–H and O–H groups in total. The fraction of sp³-hybridized carbons (Fsp3) is 0.500. The monoisotopic (exact) mass is 266 g/mol. The second-order valence-electron chi connectivity index (χ2n) is 6.06. The first kappa shape index (κ1) is 11.9. The van der Waals surface area contributed by atoms with Crippen LogP contribution in [0.5, 0.6) is 0 Å². The molecule has 4 heteroatoms. The lowest BCUT2D eigenvalue weighted by Crippen LogP contribution is -2.22. The zero-order valence-electron chi connectivity index (χ0n) is 11.5. The maximum atomic E-state index is 7.14. The number of hydrogen-bond donors (Lipinski definition) is 1. The molecule has 2 fully saturated rings. The highest BCUT2D eigenvalue weighted by Crippen LogP contribution is 2.49. The summed E-state index contributed by atoms with van der Waals surface area (Å²) in [6, 6.07) is 5.77. The van der Waals surface area contributed by atoms with Gasteiger partial charge in [0.25, 0.3) is 0 Å². The highest BCUT2D eigenvalue weighted by atomic mass is 15.2. The molecule has 0 radical (unpaired) electrons. The van der Waals surface area contributed by atoms with Crippen molar-refractivity contribution in [1.29, 1.82) is 0 Å². The average molecular weight is 266 g/mol. The summed E-state index contributed by atoms with van der Waals surface area (Å²) in [5, 5.41) is 8.74. The Morgan fingerprint density at radius 3 is 3.00 bits per heavy atom.